The van der Waals surface area contributed by atoms with Gasteiger partial charge in [0.25, 0.3) is 0 Å². The van der Waals surface area contributed by atoms with E-state index in [-0.39, 0.29) is 17.6 Å². The molecule has 184 valence electrons. The topological polar surface area (TPSA) is 35.9 Å². The molecule has 3 fully saturated rings. The number of benzene rings is 2. The normalized spacial score (nSPS) is 30.1. The van der Waals surface area contributed by atoms with Gasteiger partial charge in [0.2, 0.25) is 0 Å². The Hall–Kier alpha value is -1.72. The third-order valence-corrected chi connectivity index (χ3v) is 9.06. The molecule has 2 bridgehead atoms. The highest BCUT2D eigenvalue weighted by atomic mass is 16.5. The summed E-state index contributed by atoms with van der Waals surface area (Å²) in [5, 5.41) is 10.8. The standard InChI is InChI=1S/C30H42N2O2/c1-29(2)25-14-15-30(3,20-25)28(29)34-22-26(33)21-31-16-18-32(19-17-31)27(23-10-6-4-7-11-23)24-12-8-5-9-13-24/h4-13,25-28,33H,14-22H2,1-3H3/t25-,26+,28+,30+/m0/s1. The van der Waals surface area contributed by atoms with Crippen LogP contribution in [0.5, 0.6) is 0 Å². The second-order valence-electron chi connectivity index (χ2n) is 11.8. The molecule has 0 radical (unpaired) electrons. The predicted octanol–water partition coefficient (Wildman–Crippen LogP) is 4.99. The van der Waals surface area contributed by atoms with E-state index < -0.39 is 6.10 Å². The van der Waals surface area contributed by atoms with Gasteiger partial charge >= 0.3 is 0 Å². The van der Waals surface area contributed by atoms with E-state index in [9.17, 15) is 5.11 Å². The zero-order valence-corrected chi connectivity index (χ0v) is 21.2. The van der Waals surface area contributed by atoms with Crippen molar-refractivity contribution >= 4 is 0 Å². The monoisotopic (exact) mass is 462 g/mol. The molecule has 1 aliphatic heterocycles. The number of aliphatic hydroxyl groups is 1. The molecular weight excluding hydrogens is 420 g/mol. The molecule has 0 spiro atoms. The van der Waals surface area contributed by atoms with Crippen molar-refractivity contribution in [3.8, 4) is 0 Å². The van der Waals surface area contributed by atoms with E-state index in [0.29, 0.717) is 18.6 Å². The Morgan fingerprint density at radius 1 is 0.912 bits per heavy atom. The summed E-state index contributed by atoms with van der Waals surface area (Å²) in [6.45, 7) is 12.2. The van der Waals surface area contributed by atoms with E-state index in [4.69, 9.17) is 4.74 Å². The van der Waals surface area contributed by atoms with Crippen molar-refractivity contribution < 1.29 is 9.84 Å². The Labute approximate surface area is 205 Å². The Balaban J connectivity index is 1.15. The van der Waals surface area contributed by atoms with Gasteiger partial charge in [-0.2, -0.15) is 0 Å². The fourth-order valence-electron chi connectivity index (χ4n) is 7.32. The number of ether oxygens (including phenoxy) is 1. The summed E-state index contributed by atoms with van der Waals surface area (Å²) in [4.78, 5) is 4.99. The van der Waals surface area contributed by atoms with Crippen molar-refractivity contribution in [1.29, 1.82) is 0 Å². The van der Waals surface area contributed by atoms with Gasteiger partial charge in [-0.3, -0.25) is 9.80 Å². The molecule has 1 heterocycles. The first kappa shape index (κ1) is 24.0. The number of fused-ring (bicyclic) bond motifs is 2. The lowest BCUT2D eigenvalue weighted by molar-refractivity contribution is -0.114. The van der Waals surface area contributed by atoms with Gasteiger partial charge < -0.3 is 9.84 Å². The molecule has 2 saturated carbocycles. The second kappa shape index (κ2) is 9.73. The van der Waals surface area contributed by atoms with Crippen LogP contribution in [0, 0.1) is 16.7 Å². The van der Waals surface area contributed by atoms with Crippen LogP contribution in [0.1, 0.15) is 57.2 Å². The van der Waals surface area contributed by atoms with E-state index in [1.807, 2.05) is 0 Å². The molecule has 34 heavy (non-hydrogen) atoms. The fourth-order valence-corrected chi connectivity index (χ4v) is 7.32. The maximum absolute atomic E-state index is 10.8. The number of hydrogen-bond acceptors (Lipinski definition) is 4. The van der Waals surface area contributed by atoms with Crippen LogP contribution < -0.4 is 0 Å². The van der Waals surface area contributed by atoms with Gasteiger partial charge in [0.05, 0.1) is 24.9 Å². The molecule has 5 rings (SSSR count). The van der Waals surface area contributed by atoms with Crippen LogP contribution in [0.15, 0.2) is 60.7 Å². The van der Waals surface area contributed by atoms with E-state index in [2.05, 4.69) is 91.2 Å². The van der Waals surface area contributed by atoms with Gasteiger partial charge in [-0.25, -0.2) is 0 Å². The average molecular weight is 463 g/mol. The maximum atomic E-state index is 10.8. The molecule has 1 saturated heterocycles. The van der Waals surface area contributed by atoms with Crippen LogP contribution in [0.4, 0.5) is 0 Å². The minimum Gasteiger partial charge on any atom is -0.389 e. The van der Waals surface area contributed by atoms with Crippen LogP contribution in [-0.2, 0) is 4.74 Å². The molecule has 2 aliphatic carbocycles. The lowest BCUT2D eigenvalue weighted by Gasteiger charge is -2.43. The van der Waals surface area contributed by atoms with Crippen LogP contribution >= 0.6 is 0 Å². The summed E-state index contributed by atoms with van der Waals surface area (Å²) in [7, 11) is 0. The number of aliphatic hydroxyl groups excluding tert-OH is 1. The highest BCUT2D eigenvalue weighted by Crippen LogP contribution is 2.63. The van der Waals surface area contributed by atoms with Crippen molar-refractivity contribution in [2.75, 3.05) is 39.3 Å². The zero-order chi connectivity index (χ0) is 23.8. The Bertz CT molecular complexity index is 881. The summed E-state index contributed by atoms with van der Waals surface area (Å²) in [6.07, 6.45) is 3.73. The average Bonchev–Trinajstić information content (AvgIpc) is 3.32. The van der Waals surface area contributed by atoms with Crippen LogP contribution in [0.25, 0.3) is 0 Å². The van der Waals surface area contributed by atoms with Crippen LogP contribution in [0.3, 0.4) is 0 Å². The van der Waals surface area contributed by atoms with Gasteiger partial charge in [0.15, 0.2) is 0 Å². The Morgan fingerprint density at radius 2 is 1.50 bits per heavy atom. The molecule has 3 aliphatic rings. The summed E-state index contributed by atoms with van der Waals surface area (Å²) >= 11 is 0. The molecule has 0 amide bonds. The van der Waals surface area contributed by atoms with Gasteiger partial charge in [-0.1, -0.05) is 81.4 Å². The minimum atomic E-state index is -0.427. The molecule has 1 N–H and O–H groups in total. The lowest BCUT2D eigenvalue weighted by atomic mass is 9.70. The SMILES string of the molecule is CC1(C)[C@H]2CC[C@](C)(C2)[C@@H]1OC[C@H](O)CN1CCN(C(c2ccccc2)c2ccccc2)CC1. The first-order valence-electron chi connectivity index (χ1n) is 13.2. The summed E-state index contributed by atoms with van der Waals surface area (Å²) in [5.41, 5.74) is 3.21. The number of nitrogens with zero attached hydrogens (tertiary/aromatic N) is 2. The molecular formula is C30H42N2O2. The number of piperazine rings is 1. The number of rotatable bonds is 8. The molecule has 4 heteroatoms. The van der Waals surface area contributed by atoms with Crippen molar-refractivity contribution in [3.63, 3.8) is 0 Å². The van der Waals surface area contributed by atoms with Gasteiger partial charge in [0, 0.05) is 32.7 Å². The molecule has 0 aromatic heterocycles. The molecule has 4 nitrogen and oxygen atoms in total. The van der Waals surface area contributed by atoms with Crippen LogP contribution in [0.2, 0.25) is 0 Å². The molecule has 2 aromatic rings. The fraction of sp³-hybridized carbons (Fsp3) is 0.600. The summed E-state index contributed by atoms with van der Waals surface area (Å²) in [6, 6.07) is 21.9. The predicted molar refractivity (Wildman–Crippen MR) is 138 cm³/mol. The first-order chi connectivity index (χ1) is 16.4. The quantitative estimate of drug-likeness (QED) is 0.600. The van der Waals surface area contributed by atoms with E-state index in [1.54, 1.807) is 0 Å². The van der Waals surface area contributed by atoms with Gasteiger partial charge in [-0.05, 0) is 47.1 Å². The van der Waals surface area contributed by atoms with Gasteiger partial charge in [0.1, 0.15) is 0 Å². The summed E-state index contributed by atoms with van der Waals surface area (Å²) in [5.74, 6) is 0.773. The van der Waals surface area contributed by atoms with Crippen LogP contribution in [-0.4, -0.2) is 66.4 Å². The maximum Gasteiger partial charge on any atom is 0.0900 e. The first-order valence-corrected chi connectivity index (χ1v) is 13.2. The zero-order valence-electron chi connectivity index (χ0n) is 21.2. The number of β-amino-alcohol motifs (C(OH)–C–C–N with tert-alkyl or cyclic N) is 1. The molecule has 4 atom stereocenters. The Morgan fingerprint density at radius 3 is 2.03 bits per heavy atom. The van der Waals surface area contributed by atoms with Crippen molar-refractivity contribution in [2.45, 2.75) is 58.3 Å². The van der Waals surface area contributed by atoms with Gasteiger partial charge in [-0.15, -0.1) is 0 Å². The summed E-state index contributed by atoms with van der Waals surface area (Å²) < 4.78 is 6.45. The van der Waals surface area contributed by atoms with E-state index in [1.165, 1.54) is 30.4 Å². The van der Waals surface area contributed by atoms with E-state index >= 15 is 0 Å². The molecule has 2 aromatic carbocycles. The highest BCUT2D eigenvalue weighted by molar-refractivity contribution is 5.32. The van der Waals surface area contributed by atoms with Crippen molar-refractivity contribution in [1.82, 2.24) is 9.80 Å². The smallest absolute Gasteiger partial charge is 0.0900 e. The third-order valence-electron chi connectivity index (χ3n) is 9.06. The minimum absolute atomic E-state index is 0.224. The second-order valence-corrected chi connectivity index (χ2v) is 11.8. The van der Waals surface area contributed by atoms with Crippen molar-refractivity contribution in [2.24, 2.45) is 16.7 Å². The van der Waals surface area contributed by atoms with Crippen molar-refractivity contribution in [3.05, 3.63) is 71.8 Å². The Kier molecular flexibility index (Phi) is 6.87. The largest absolute Gasteiger partial charge is 0.389 e. The molecule has 0 unspecified atom stereocenters. The lowest BCUT2D eigenvalue weighted by Crippen LogP contribution is -2.50. The number of hydrogen-bond donors (Lipinski definition) is 1. The van der Waals surface area contributed by atoms with E-state index in [0.717, 1.165) is 32.1 Å². The highest BCUT2D eigenvalue weighted by Gasteiger charge is 2.60. The third kappa shape index (κ3) is 4.70.